The molecule has 0 radical (unpaired) electrons. The van der Waals surface area contributed by atoms with Crippen molar-refractivity contribution in [2.24, 2.45) is 0 Å². The van der Waals surface area contributed by atoms with E-state index in [0.717, 1.165) is 22.3 Å². The number of hydrogen-bond acceptors (Lipinski definition) is 1. The summed E-state index contributed by atoms with van der Waals surface area (Å²) >= 11 is 0. The number of aromatic amines is 1. The van der Waals surface area contributed by atoms with Gasteiger partial charge in [0.15, 0.2) is 0 Å². The minimum absolute atomic E-state index is 0.748. The van der Waals surface area contributed by atoms with E-state index in [0.29, 0.717) is 0 Å². The van der Waals surface area contributed by atoms with Crippen LogP contribution >= 0.6 is 0 Å². The summed E-state index contributed by atoms with van der Waals surface area (Å²) in [4.78, 5) is 15.1. The van der Waals surface area contributed by atoms with Gasteiger partial charge in [0.25, 0.3) is 0 Å². The fraction of sp³-hybridized carbons (Fsp3) is 0. The van der Waals surface area contributed by atoms with Gasteiger partial charge in [0.05, 0.1) is 11.4 Å². The van der Waals surface area contributed by atoms with Gasteiger partial charge < -0.3 is 10.1 Å². The number of benzene rings is 1. The lowest BCUT2D eigenvalue weighted by atomic mass is 10.1. The van der Waals surface area contributed by atoms with E-state index in [2.05, 4.69) is 4.98 Å². The molecule has 0 unspecified atom stereocenters. The van der Waals surface area contributed by atoms with Crippen molar-refractivity contribution in [2.45, 2.75) is 0 Å². The van der Waals surface area contributed by atoms with Gasteiger partial charge in [-0.05, 0) is 12.1 Å². The second kappa shape index (κ2) is 1.85. The van der Waals surface area contributed by atoms with Crippen molar-refractivity contribution in [1.82, 2.24) is 4.98 Å². The molecule has 0 saturated heterocycles. The van der Waals surface area contributed by atoms with E-state index in [9.17, 15) is 4.79 Å². The molecule has 0 bridgehead atoms. The summed E-state index contributed by atoms with van der Waals surface area (Å²) in [6.45, 7) is 0. The van der Waals surface area contributed by atoms with E-state index >= 15 is 0 Å². The fourth-order valence-corrected chi connectivity index (χ4v) is 1.79. The zero-order chi connectivity index (χ0) is 9.00. The average Bonchev–Trinajstić information content (AvgIpc) is 2.43. The third-order valence-electron chi connectivity index (χ3n) is 2.34. The van der Waals surface area contributed by atoms with Crippen LogP contribution in [0.5, 0.6) is 0 Å². The van der Waals surface area contributed by atoms with E-state index in [1.165, 1.54) is 4.90 Å². The fourth-order valence-electron chi connectivity index (χ4n) is 1.79. The third-order valence-corrected chi connectivity index (χ3v) is 2.34. The second-order valence-corrected chi connectivity index (χ2v) is 2.99. The summed E-state index contributed by atoms with van der Waals surface area (Å²) in [5, 5.41) is 9.88. The molecule has 1 aromatic heterocycles. The van der Waals surface area contributed by atoms with Crippen molar-refractivity contribution in [3.8, 4) is 0 Å². The zero-order valence-electron chi connectivity index (χ0n) is 6.61. The Morgan fingerprint density at radius 2 is 2.23 bits per heavy atom. The van der Waals surface area contributed by atoms with Crippen LogP contribution in [0, 0.1) is 0 Å². The number of rotatable bonds is 0. The lowest BCUT2D eigenvalue weighted by Gasteiger charge is -2.27. The Hall–Kier alpha value is -1.97. The monoisotopic (exact) mass is 174 g/mol. The zero-order valence-corrected chi connectivity index (χ0v) is 6.61. The number of H-pyrrole nitrogens is 1. The number of nitrogens with one attached hydrogen (secondary N) is 1. The highest BCUT2D eigenvalue weighted by Crippen LogP contribution is 2.47. The molecule has 2 N–H and O–H groups in total. The number of carbonyl (C=O) groups is 1. The highest BCUT2D eigenvalue weighted by Gasteiger charge is 2.31. The van der Waals surface area contributed by atoms with E-state index in [-0.39, 0.29) is 0 Å². The van der Waals surface area contributed by atoms with Crippen molar-refractivity contribution in [3.63, 3.8) is 0 Å². The summed E-state index contributed by atoms with van der Waals surface area (Å²) < 4.78 is 0. The van der Waals surface area contributed by atoms with Gasteiger partial charge in [0.1, 0.15) is 0 Å². The van der Waals surface area contributed by atoms with Gasteiger partial charge in [0.2, 0.25) is 0 Å². The minimum Gasteiger partial charge on any atom is -0.464 e. The second-order valence-electron chi connectivity index (χ2n) is 2.99. The van der Waals surface area contributed by atoms with Crippen molar-refractivity contribution in [2.75, 3.05) is 4.90 Å². The standard InChI is InChI=1S/C9H6N2O2/c12-9(13)11-6-3-1-2-5-8(6)7(11)4-10-5/h1-4,10H,(H,12,13). The van der Waals surface area contributed by atoms with Crippen LogP contribution in [0.25, 0.3) is 10.9 Å². The predicted octanol–water partition coefficient (Wildman–Crippen LogP) is 2.30. The Morgan fingerprint density at radius 1 is 1.38 bits per heavy atom. The molecule has 0 spiro atoms. The molecule has 1 aromatic carbocycles. The van der Waals surface area contributed by atoms with Crippen LogP contribution in [-0.4, -0.2) is 16.2 Å². The maximum atomic E-state index is 10.8. The van der Waals surface area contributed by atoms with Crippen molar-refractivity contribution in [1.29, 1.82) is 0 Å². The van der Waals surface area contributed by atoms with Crippen LogP contribution in [0.3, 0.4) is 0 Å². The number of anilines is 2. The molecule has 1 aliphatic rings. The van der Waals surface area contributed by atoms with Gasteiger partial charge in [-0.2, -0.15) is 0 Å². The summed E-state index contributed by atoms with van der Waals surface area (Å²) in [5.41, 5.74) is 2.50. The Morgan fingerprint density at radius 3 is 3.00 bits per heavy atom. The first-order valence-corrected chi connectivity index (χ1v) is 3.92. The number of amides is 1. The molecule has 2 aromatic rings. The first-order chi connectivity index (χ1) is 6.29. The van der Waals surface area contributed by atoms with Crippen molar-refractivity contribution in [3.05, 3.63) is 24.4 Å². The van der Waals surface area contributed by atoms with E-state index in [1.807, 2.05) is 12.1 Å². The molecule has 2 heterocycles. The van der Waals surface area contributed by atoms with E-state index in [4.69, 9.17) is 5.11 Å². The summed E-state index contributed by atoms with van der Waals surface area (Å²) in [7, 11) is 0. The van der Waals surface area contributed by atoms with Crippen LogP contribution in [0.1, 0.15) is 0 Å². The molecule has 64 valence electrons. The molecule has 0 fully saturated rings. The average molecular weight is 174 g/mol. The summed E-state index contributed by atoms with van der Waals surface area (Å²) in [5.74, 6) is 0. The topological polar surface area (TPSA) is 56.3 Å². The first kappa shape index (κ1) is 6.54. The number of nitrogens with zero attached hydrogens (tertiary/aromatic N) is 1. The highest BCUT2D eigenvalue weighted by molar-refractivity contribution is 6.21. The molecule has 0 aliphatic carbocycles. The van der Waals surface area contributed by atoms with Crippen LogP contribution in [0.2, 0.25) is 0 Å². The number of carboxylic acid groups (broad SMARTS) is 1. The van der Waals surface area contributed by atoms with Crippen LogP contribution in [0.15, 0.2) is 24.4 Å². The molecular formula is C9H6N2O2. The van der Waals surface area contributed by atoms with Crippen LogP contribution in [-0.2, 0) is 0 Å². The molecule has 4 heteroatoms. The molecule has 4 nitrogen and oxygen atoms in total. The maximum absolute atomic E-state index is 10.8. The lowest BCUT2D eigenvalue weighted by molar-refractivity contribution is 0.204. The third kappa shape index (κ3) is 0.593. The Balaban J connectivity index is 2.35. The Kier molecular flexibility index (Phi) is 0.930. The molecular weight excluding hydrogens is 168 g/mol. The largest absolute Gasteiger partial charge is 0.464 e. The van der Waals surface area contributed by atoms with Gasteiger partial charge in [-0.3, -0.25) is 0 Å². The quantitative estimate of drug-likeness (QED) is 0.643. The van der Waals surface area contributed by atoms with Gasteiger partial charge in [-0.15, -0.1) is 0 Å². The molecule has 13 heavy (non-hydrogen) atoms. The van der Waals surface area contributed by atoms with Crippen LogP contribution < -0.4 is 4.90 Å². The van der Waals surface area contributed by atoms with Crippen LogP contribution in [0.4, 0.5) is 16.2 Å². The molecule has 1 aliphatic heterocycles. The van der Waals surface area contributed by atoms with E-state index < -0.39 is 6.09 Å². The van der Waals surface area contributed by atoms with Gasteiger partial charge in [-0.25, -0.2) is 9.69 Å². The summed E-state index contributed by atoms with van der Waals surface area (Å²) in [6.07, 6.45) is 0.783. The normalized spacial score (nSPS) is 13.1. The number of aromatic nitrogens is 1. The maximum Gasteiger partial charge on any atom is 0.416 e. The Labute approximate surface area is 73.4 Å². The summed E-state index contributed by atoms with van der Waals surface area (Å²) in [6, 6.07) is 5.58. The molecule has 0 saturated carbocycles. The Bertz CT molecular complexity index is 515. The van der Waals surface area contributed by atoms with Crippen molar-refractivity contribution >= 4 is 28.4 Å². The lowest BCUT2D eigenvalue weighted by Crippen LogP contribution is -2.28. The number of hydrogen-bond donors (Lipinski definition) is 2. The van der Waals surface area contributed by atoms with Gasteiger partial charge in [0, 0.05) is 17.1 Å². The van der Waals surface area contributed by atoms with Gasteiger partial charge >= 0.3 is 6.09 Å². The minimum atomic E-state index is -0.931. The molecule has 1 amide bonds. The SMILES string of the molecule is O=C(O)N1c2cccc3[nH]cc1c23. The molecule has 3 rings (SSSR count). The van der Waals surface area contributed by atoms with Crippen molar-refractivity contribution < 1.29 is 9.90 Å². The predicted molar refractivity (Wildman–Crippen MR) is 48.5 cm³/mol. The van der Waals surface area contributed by atoms with Gasteiger partial charge in [-0.1, -0.05) is 6.07 Å². The smallest absolute Gasteiger partial charge is 0.416 e. The van der Waals surface area contributed by atoms with E-state index in [1.54, 1.807) is 12.3 Å². The first-order valence-electron chi connectivity index (χ1n) is 3.92. The highest BCUT2D eigenvalue weighted by atomic mass is 16.4. The molecule has 0 atom stereocenters.